The van der Waals surface area contributed by atoms with Crippen molar-refractivity contribution in [1.82, 2.24) is 4.90 Å². The maximum absolute atomic E-state index is 14.1. The summed E-state index contributed by atoms with van der Waals surface area (Å²) in [7, 11) is -3.15. The van der Waals surface area contributed by atoms with E-state index in [9.17, 15) is 17.6 Å². The maximum atomic E-state index is 14.1. The van der Waals surface area contributed by atoms with Crippen LogP contribution in [-0.4, -0.2) is 36.8 Å². The van der Waals surface area contributed by atoms with Crippen LogP contribution in [0.3, 0.4) is 0 Å². The minimum atomic E-state index is -3.15. The maximum Gasteiger partial charge on any atom is 0.254 e. The first-order valence-corrected chi connectivity index (χ1v) is 9.99. The molecule has 3 rings (SSSR count). The molecule has 0 aliphatic carbocycles. The summed E-state index contributed by atoms with van der Waals surface area (Å²) >= 11 is 0. The van der Waals surface area contributed by atoms with Crippen molar-refractivity contribution in [1.29, 1.82) is 0 Å². The Morgan fingerprint density at radius 3 is 2.44 bits per heavy atom. The zero-order chi connectivity index (χ0) is 18.0. The zero-order valence-corrected chi connectivity index (χ0v) is 14.8. The van der Waals surface area contributed by atoms with E-state index >= 15 is 0 Å². The molecule has 1 heterocycles. The Balaban J connectivity index is 1.92. The van der Waals surface area contributed by atoms with Gasteiger partial charge in [-0.25, -0.2) is 12.8 Å². The van der Waals surface area contributed by atoms with E-state index in [-0.39, 0.29) is 24.0 Å². The molecular formula is C19H20FNO3S. The highest BCUT2D eigenvalue weighted by molar-refractivity contribution is 7.91. The Hall–Kier alpha value is -2.21. The molecule has 1 aliphatic heterocycles. The van der Waals surface area contributed by atoms with Gasteiger partial charge < -0.3 is 4.90 Å². The lowest BCUT2D eigenvalue weighted by atomic mass is 10.1. The molecule has 0 radical (unpaired) electrons. The average molecular weight is 361 g/mol. The van der Waals surface area contributed by atoms with Gasteiger partial charge >= 0.3 is 0 Å². The van der Waals surface area contributed by atoms with Crippen molar-refractivity contribution < 1.29 is 17.6 Å². The van der Waals surface area contributed by atoms with Gasteiger partial charge in [0.1, 0.15) is 5.82 Å². The van der Waals surface area contributed by atoms with E-state index in [1.807, 2.05) is 19.1 Å². The van der Waals surface area contributed by atoms with Gasteiger partial charge in [-0.15, -0.1) is 0 Å². The minimum absolute atomic E-state index is 0.0551. The quantitative estimate of drug-likeness (QED) is 0.841. The molecule has 0 bridgehead atoms. The van der Waals surface area contributed by atoms with Crippen molar-refractivity contribution in [2.24, 2.45) is 0 Å². The SMILES string of the molecule is Cc1ccc(C(=O)N(Cc2ccccc2F)C2CCS(=O)(=O)C2)cc1. The van der Waals surface area contributed by atoms with Crippen LogP contribution in [0.15, 0.2) is 48.5 Å². The molecule has 2 aromatic rings. The average Bonchev–Trinajstić information content (AvgIpc) is 2.94. The lowest BCUT2D eigenvalue weighted by molar-refractivity contribution is 0.0679. The predicted octanol–water partition coefficient (Wildman–Crippen LogP) is 2.96. The fourth-order valence-corrected chi connectivity index (χ4v) is 4.79. The van der Waals surface area contributed by atoms with Crippen molar-refractivity contribution in [2.75, 3.05) is 11.5 Å². The first-order chi connectivity index (χ1) is 11.9. The standard InChI is InChI=1S/C19H20FNO3S/c1-14-6-8-15(9-7-14)19(22)21(17-10-11-25(23,24)13-17)12-16-4-2-3-5-18(16)20/h2-9,17H,10-13H2,1H3. The summed E-state index contributed by atoms with van der Waals surface area (Å²) in [6, 6.07) is 12.9. The summed E-state index contributed by atoms with van der Waals surface area (Å²) in [6.07, 6.45) is 0.383. The van der Waals surface area contributed by atoms with Crippen LogP contribution in [0, 0.1) is 12.7 Å². The number of carbonyl (C=O) groups is 1. The molecule has 1 saturated heterocycles. The van der Waals surface area contributed by atoms with Crippen LogP contribution in [-0.2, 0) is 16.4 Å². The van der Waals surface area contributed by atoms with E-state index in [2.05, 4.69) is 0 Å². The summed E-state index contributed by atoms with van der Waals surface area (Å²) < 4.78 is 37.8. The van der Waals surface area contributed by atoms with Gasteiger partial charge in [0, 0.05) is 23.7 Å². The van der Waals surface area contributed by atoms with Crippen LogP contribution in [0.2, 0.25) is 0 Å². The van der Waals surface area contributed by atoms with E-state index in [0.29, 0.717) is 17.5 Å². The Bertz CT molecular complexity index is 878. The van der Waals surface area contributed by atoms with Crippen LogP contribution < -0.4 is 0 Å². The highest BCUT2D eigenvalue weighted by Gasteiger charge is 2.35. The molecule has 6 heteroatoms. The molecule has 1 aliphatic rings. The monoisotopic (exact) mass is 361 g/mol. The van der Waals surface area contributed by atoms with Crippen LogP contribution in [0.25, 0.3) is 0 Å². The van der Waals surface area contributed by atoms with Gasteiger partial charge in [0.05, 0.1) is 11.5 Å². The van der Waals surface area contributed by atoms with Gasteiger partial charge in [0.15, 0.2) is 9.84 Å². The van der Waals surface area contributed by atoms with Gasteiger partial charge in [0.25, 0.3) is 5.91 Å². The number of benzene rings is 2. The molecular weight excluding hydrogens is 341 g/mol. The van der Waals surface area contributed by atoms with Crippen molar-refractivity contribution in [3.05, 3.63) is 71.0 Å². The predicted molar refractivity (Wildman–Crippen MR) is 94.5 cm³/mol. The summed E-state index contributed by atoms with van der Waals surface area (Å²) in [5.41, 5.74) is 1.89. The molecule has 0 saturated carbocycles. The van der Waals surface area contributed by atoms with Crippen molar-refractivity contribution in [2.45, 2.75) is 25.9 Å². The Morgan fingerprint density at radius 2 is 1.84 bits per heavy atom. The lowest BCUT2D eigenvalue weighted by Gasteiger charge is -2.28. The summed E-state index contributed by atoms with van der Waals surface area (Å²) in [6.45, 7) is 1.98. The van der Waals surface area contributed by atoms with Gasteiger partial charge in [-0.1, -0.05) is 35.9 Å². The summed E-state index contributed by atoms with van der Waals surface area (Å²) in [5.74, 6) is -0.679. The molecule has 2 aromatic carbocycles. The minimum Gasteiger partial charge on any atom is -0.330 e. The Kier molecular flexibility index (Phi) is 4.90. The molecule has 0 spiro atoms. The van der Waals surface area contributed by atoms with Crippen LogP contribution >= 0.6 is 0 Å². The second kappa shape index (κ2) is 6.96. The summed E-state index contributed by atoms with van der Waals surface area (Å²) in [4.78, 5) is 14.5. The first kappa shape index (κ1) is 17.6. The molecule has 1 atom stereocenters. The molecule has 0 N–H and O–H groups in total. The van der Waals surface area contributed by atoms with Gasteiger partial charge in [-0.05, 0) is 31.5 Å². The van der Waals surface area contributed by atoms with Crippen molar-refractivity contribution >= 4 is 15.7 Å². The van der Waals surface area contributed by atoms with Gasteiger partial charge in [-0.3, -0.25) is 4.79 Å². The third-order valence-electron chi connectivity index (χ3n) is 4.51. The van der Waals surface area contributed by atoms with Crippen LogP contribution in [0.4, 0.5) is 4.39 Å². The lowest BCUT2D eigenvalue weighted by Crippen LogP contribution is -2.40. The molecule has 1 unspecified atom stereocenters. The van der Waals surface area contributed by atoms with E-state index in [4.69, 9.17) is 0 Å². The van der Waals surface area contributed by atoms with E-state index < -0.39 is 21.7 Å². The summed E-state index contributed by atoms with van der Waals surface area (Å²) in [5, 5.41) is 0. The number of halogens is 1. The first-order valence-electron chi connectivity index (χ1n) is 8.17. The number of sulfone groups is 1. The number of hydrogen-bond acceptors (Lipinski definition) is 3. The number of carbonyl (C=O) groups excluding carboxylic acids is 1. The third kappa shape index (κ3) is 4.07. The van der Waals surface area contributed by atoms with E-state index in [0.717, 1.165) is 5.56 Å². The van der Waals surface area contributed by atoms with Crippen LogP contribution in [0.5, 0.6) is 0 Å². The number of amides is 1. The second-order valence-corrected chi connectivity index (χ2v) is 8.68. The van der Waals surface area contributed by atoms with Crippen LogP contribution in [0.1, 0.15) is 27.9 Å². The molecule has 1 fully saturated rings. The second-order valence-electron chi connectivity index (χ2n) is 6.45. The van der Waals surface area contributed by atoms with E-state index in [1.165, 1.54) is 11.0 Å². The molecule has 1 amide bonds. The number of aryl methyl sites for hydroxylation is 1. The number of hydrogen-bond donors (Lipinski definition) is 0. The molecule has 4 nitrogen and oxygen atoms in total. The smallest absolute Gasteiger partial charge is 0.254 e. The molecule has 25 heavy (non-hydrogen) atoms. The largest absolute Gasteiger partial charge is 0.330 e. The Morgan fingerprint density at radius 1 is 1.16 bits per heavy atom. The fraction of sp³-hybridized carbons (Fsp3) is 0.316. The third-order valence-corrected chi connectivity index (χ3v) is 6.26. The number of rotatable bonds is 4. The molecule has 0 aromatic heterocycles. The van der Waals surface area contributed by atoms with Crippen molar-refractivity contribution in [3.63, 3.8) is 0 Å². The highest BCUT2D eigenvalue weighted by Crippen LogP contribution is 2.23. The van der Waals surface area contributed by atoms with E-state index in [1.54, 1.807) is 30.3 Å². The Labute approximate surface area is 147 Å². The van der Waals surface area contributed by atoms with Crippen molar-refractivity contribution in [3.8, 4) is 0 Å². The van der Waals surface area contributed by atoms with Gasteiger partial charge in [-0.2, -0.15) is 0 Å². The number of nitrogens with zero attached hydrogens (tertiary/aromatic N) is 1. The fourth-order valence-electron chi connectivity index (χ4n) is 3.06. The molecule has 132 valence electrons. The van der Waals surface area contributed by atoms with Gasteiger partial charge in [0.2, 0.25) is 0 Å². The zero-order valence-electron chi connectivity index (χ0n) is 14.0. The normalized spacial score (nSPS) is 18.9. The topological polar surface area (TPSA) is 54.5 Å². The highest BCUT2D eigenvalue weighted by atomic mass is 32.2.